The Balaban J connectivity index is 2.27. The highest BCUT2D eigenvalue weighted by Crippen LogP contribution is 2.24. The van der Waals surface area contributed by atoms with Crippen LogP contribution in [0.25, 0.3) is 0 Å². The fourth-order valence-electron chi connectivity index (χ4n) is 1.92. The number of terminal acetylenes is 1. The zero-order chi connectivity index (χ0) is 17.6. The van der Waals surface area contributed by atoms with E-state index in [-0.39, 0.29) is 11.4 Å². The maximum atomic E-state index is 12.4. The van der Waals surface area contributed by atoms with E-state index in [0.29, 0.717) is 5.69 Å². The minimum Gasteiger partial charge on any atom is -0.354 e. The summed E-state index contributed by atoms with van der Waals surface area (Å²) < 4.78 is 26.7. The summed E-state index contributed by atoms with van der Waals surface area (Å²) in [6, 6.07) is 8.04. The van der Waals surface area contributed by atoms with E-state index in [1.165, 1.54) is 12.3 Å². The van der Waals surface area contributed by atoms with Crippen LogP contribution in [0.5, 0.6) is 0 Å². The smallest absolute Gasteiger partial charge is 0.329 e. The minimum absolute atomic E-state index is 0.0806. The molecule has 3 N–H and O–H groups in total. The molecule has 0 unspecified atom stereocenters. The number of aryl methyl sites for hydroxylation is 1. The molecule has 8 heteroatoms. The third-order valence-corrected chi connectivity index (χ3v) is 4.31. The number of nitrogens with zero attached hydrogens (tertiary/aromatic N) is 1. The molecule has 2 rings (SSSR count). The van der Waals surface area contributed by atoms with Gasteiger partial charge >= 0.3 is 6.03 Å². The molecule has 0 aliphatic carbocycles. The van der Waals surface area contributed by atoms with Crippen LogP contribution in [-0.4, -0.2) is 26.0 Å². The van der Waals surface area contributed by atoms with E-state index in [2.05, 4.69) is 21.5 Å². The highest BCUT2D eigenvalue weighted by molar-refractivity contribution is 7.90. The number of aromatic nitrogens is 1. The number of amides is 2. The molecule has 7 nitrogen and oxygen atoms in total. The number of hydrogen-bond acceptors (Lipinski definition) is 5. The standard InChI is InChI=1S/C16H16N4O3S/c1-3-8-18-16(21)20-24(22,23)15-11-17-9-7-14(15)19-13-6-4-5-12(2)10-13/h1,4-7,9-11H,8H2,2H3,(H,17,19)(H2,18,20,21). The number of pyridine rings is 1. The van der Waals surface area contributed by atoms with Crippen molar-refractivity contribution in [1.82, 2.24) is 15.0 Å². The van der Waals surface area contributed by atoms with Gasteiger partial charge in [0.1, 0.15) is 4.90 Å². The molecule has 1 aromatic heterocycles. The average molecular weight is 344 g/mol. The van der Waals surface area contributed by atoms with Crippen molar-refractivity contribution in [3.63, 3.8) is 0 Å². The lowest BCUT2D eigenvalue weighted by atomic mass is 10.2. The van der Waals surface area contributed by atoms with Crippen LogP contribution in [0.3, 0.4) is 0 Å². The first-order valence-corrected chi connectivity index (χ1v) is 8.42. The van der Waals surface area contributed by atoms with Gasteiger partial charge in [-0.25, -0.2) is 17.9 Å². The van der Waals surface area contributed by atoms with Gasteiger partial charge in [-0.3, -0.25) is 4.98 Å². The first-order valence-electron chi connectivity index (χ1n) is 6.94. The number of urea groups is 1. The Bertz CT molecular complexity index is 888. The Labute approximate surface area is 140 Å². The maximum absolute atomic E-state index is 12.4. The zero-order valence-corrected chi connectivity index (χ0v) is 13.7. The molecule has 124 valence electrons. The fourth-order valence-corrected chi connectivity index (χ4v) is 2.95. The Morgan fingerprint density at radius 2 is 2.12 bits per heavy atom. The van der Waals surface area contributed by atoms with Gasteiger partial charge in [-0.1, -0.05) is 18.1 Å². The number of carbonyl (C=O) groups excluding carboxylic acids is 1. The highest BCUT2D eigenvalue weighted by Gasteiger charge is 2.21. The largest absolute Gasteiger partial charge is 0.354 e. The minimum atomic E-state index is -4.11. The van der Waals surface area contributed by atoms with Gasteiger partial charge in [0.05, 0.1) is 12.2 Å². The van der Waals surface area contributed by atoms with Gasteiger partial charge in [-0.2, -0.15) is 0 Å². The first-order chi connectivity index (χ1) is 11.4. The molecular formula is C16H16N4O3S. The van der Waals surface area contributed by atoms with Crippen molar-refractivity contribution in [3.8, 4) is 12.3 Å². The first kappa shape index (κ1) is 17.3. The maximum Gasteiger partial charge on any atom is 0.329 e. The number of rotatable bonds is 5. The van der Waals surface area contributed by atoms with E-state index in [4.69, 9.17) is 6.42 Å². The van der Waals surface area contributed by atoms with Crippen LogP contribution >= 0.6 is 0 Å². The summed E-state index contributed by atoms with van der Waals surface area (Å²) in [6.45, 7) is 1.84. The van der Waals surface area contributed by atoms with E-state index in [1.807, 2.05) is 29.8 Å². The summed E-state index contributed by atoms with van der Waals surface area (Å²) in [6.07, 6.45) is 7.63. The van der Waals surface area contributed by atoms with Crippen molar-refractivity contribution in [2.45, 2.75) is 11.8 Å². The predicted molar refractivity (Wildman–Crippen MR) is 91.3 cm³/mol. The Hall–Kier alpha value is -3.05. The lowest BCUT2D eigenvalue weighted by Gasteiger charge is -2.13. The highest BCUT2D eigenvalue weighted by atomic mass is 32.2. The molecule has 24 heavy (non-hydrogen) atoms. The molecule has 0 fully saturated rings. The third kappa shape index (κ3) is 4.47. The molecule has 0 saturated carbocycles. The van der Waals surface area contributed by atoms with E-state index in [0.717, 1.165) is 17.4 Å². The van der Waals surface area contributed by atoms with Crippen molar-refractivity contribution in [1.29, 1.82) is 0 Å². The van der Waals surface area contributed by atoms with E-state index in [1.54, 1.807) is 6.07 Å². The molecule has 0 bridgehead atoms. The molecule has 0 saturated heterocycles. The zero-order valence-electron chi connectivity index (χ0n) is 12.9. The average Bonchev–Trinajstić information content (AvgIpc) is 2.53. The molecule has 0 aliphatic rings. The quantitative estimate of drug-likeness (QED) is 0.718. The van der Waals surface area contributed by atoms with Crippen LogP contribution < -0.4 is 15.4 Å². The van der Waals surface area contributed by atoms with Gasteiger partial charge in [0, 0.05) is 18.1 Å². The SMILES string of the molecule is C#CCNC(=O)NS(=O)(=O)c1cnccc1Nc1cccc(C)c1. The Morgan fingerprint density at radius 3 is 2.83 bits per heavy atom. The number of anilines is 2. The summed E-state index contributed by atoms with van der Waals surface area (Å²) in [5.41, 5.74) is 2.03. The number of sulfonamides is 1. The number of hydrogen-bond donors (Lipinski definition) is 3. The van der Waals surface area contributed by atoms with Gasteiger partial charge in [0.2, 0.25) is 0 Å². The summed E-state index contributed by atoms with van der Waals surface area (Å²) in [7, 11) is -4.11. The van der Waals surface area contributed by atoms with Crippen LogP contribution in [0.4, 0.5) is 16.2 Å². The molecule has 0 spiro atoms. The van der Waals surface area contributed by atoms with E-state index >= 15 is 0 Å². The number of carbonyl (C=O) groups is 1. The predicted octanol–water partition coefficient (Wildman–Crippen LogP) is 1.75. The van der Waals surface area contributed by atoms with Crippen molar-refractivity contribution in [2.75, 3.05) is 11.9 Å². The molecule has 2 amide bonds. The van der Waals surface area contributed by atoms with Crippen LogP contribution in [-0.2, 0) is 10.0 Å². The second kappa shape index (κ2) is 7.48. The van der Waals surface area contributed by atoms with Gasteiger partial charge in [0.25, 0.3) is 10.0 Å². The van der Waals surface area contributed by atoms with E-state index < -0.39 is 16.1 Å². The third-order valence-electron chi connectivity index (χ3n) is 2.95. The Morgan fingerprint density at radius 1 is 1.33 bits per heavy atom. The summed E-state index contributed by atoms with van der Waals surface area (Å²) >= 11 is 0. The molecule has 1 aromatic carbocycles. The summed E-state index contributed by atoms with van der Waals surface area (Å²) in [5.74, 6) is 2.18. The number of benzene rings is 1. The molecule has 1 heterocycles. The molecule has 0 aliphatic heterocycles. The van der Waals surface area contributed by atoms with Crippen molar-refractivity contribution < 1.29 is 13.2 Å². The van der Waals surface area contributed by atoms with Gasteiger partial charge in [-0.15, -0.1) is 6.42 Å². The van der Waals surface area contributed by atoms with Crippen LogP contribution in [0.15, 0.2) is 47.6 Å². The normalized spacial score (nSPS) is 10.5. The number of nitrogens with one attached hydrogen (secondary N) is 3. The summed E-state index contributed by atoms with van der Waals surface area (Å²) in [5, 5.41) is 5.24. The van der Waals surface area contributed by atoms with Gasteiger partial charge in [0.15, 0.2) is 0 Å². The van der Waals surface area contributed by atoms with Crippen molar-refractivity contribution in [2.24, 2.45) is 0 Å². The Kier molecular flexibility index (Phi) is 5.39. The van der Waals surface area contributed by atoms with Crippen LogP contribution in [0, 0.1) is 19.3 Å². The second-order valence-corrected chi connectivity index (χ2v) is 6.51. The van der Waals surface area contributed by atoms with Crippen molar-refractivity contribution >= 4 is 27.4 Å². The monoisotopic (exact) mass is 344 g/mol. The lowest BCUT2D eigenvalue weighted by Crippen LogP contribution is -2.39. The molecule has 0 atom stereocenters. The van der Waals surface area contributed by atoms with Crippen LogP contribution in [0.1, 0.15) is 5.56 Å². The van der Waals surface area contributed by atoms with Gasteiger partial charge < -0.3 is 10.6 Å². The van der Waals surface area contributed by atoms with Gasteiger partial charge in [-0.05, 0) is 30.7 Å². The van der Waals surface area contributed by atoms with Crippen molar-refractivity contribution in [3.05, 3.63) is 48.3 Å². The molecule has 0 radical (unpaired) electrons. The lowest BCUT2D eigenvalue weighted by molar-refractivity contribution is 0.247. The molecule has 2 aromatic rings. The summed E-state index contributed by atoms with van der Waals surface area (Å²) in [4.78, 5) is 15.2. The second-order valence-electron chi connectivity index (χ2n) is 4.86. The van der Waals surface area contributed by atoms with E-state index in [9.17, 15) is 13.2 Å². The molecular weight excluding hydrogens is 328 g/mol. The topological polar surface area (TPSA) is 100 Å². The fraction of sp³-hybridized carbons (Fsp3) is 0.125. The van der Waals surface area contributed by atoms with Crippen LogP contribution in [0.2, 0.25) is 0 Å².